The summed E-state index contributed by atoms with van der Waals surface area (Å²) >= 11 is 7.25. The number of nitrogens with zero attached hydrogens (tertiary/aromatic N) is 3. The van der Waals surface area contributed by atoms with Gasteiger partial charge in [0, 0.05) is 5.39 Å². The normalized spacial score (nSPS) is 12.9. The minimum atomic E-state index is -4.54. The zero-order chi connectivity index (χ0) is 23.9. The molecule has 2 aromatic heterocycles. The van der Waals surface area contributed by atoms with Crippen molar-refractivity contribution in [3.05, 3.63) is 64.2 Å². The topological polar surface area (TPSA) is 59.3 Å². The van der Waals surface area contributed by atoms with Crippen molar-refractivity contribution in [3.63, 3.8) is 0 Å². The highest BCUT2D eigenvalue weighted by Gasteiger charge is 2.31. The number of amides is 1. The van der Waals surface area contributed by atoms with E-state index in [-0.39, 0.29) is 10.7 Å². The number of para-hydroxylation sites is 1. The monoisotopic (exact) mass is 492 g/mol. The Balaban J connectivity index is 1.67. The van der Waals surface area contributed by atoms with Crippen LogP contribution in [0.25, 0.3) is 16.6 Å². The van der Waals surface area contributed by atoms with Crippen LogP contribution in [0.5, 0.6) is 0 Å². The molecule has 2 heterocycles. The highest BCUT2D eigenvalue weighted by atomic mass is 35.5. The standard InChI is InChI=1S/C23H20ClF3N4OS/c1-4-18(21(32)28-17-11-14(23(25,26)27)8-9-16(17)24)33-22-30-29-19-10-13(3)15-7-5-6-12(2)20(15)31(19)22/h5-11,18H,4H2,1-3H3,(H,28,32). The number of pyridine rings is 1. The molecule has 0 radical (unpaired) electrons. The van der Waals surface area contributed by atoms with E-state index in [2.05, 4.69) is 15.5 Å². The average Bonchev–Trinajstić information content (AvgIpc) is 3.15. The van der Waals surface area contributed by atoms with Gasteiger partial charge < -0.3 is 5.32 Å². The summed E-state index contributed by atoms with van der Waals surface area (Å²) in [6, 6.07) is 10.8. The third-order valence-corrected chi connectivity index (χ3v) is 6.99. The number of benzene rings is 2. The van der Waals surface area contributed by atoms with Crippen molar-refractivity contribution >= 4 is 51.5 Å². The molecule has 4 aromatic rings. The second-order valence-electron chi connectivity index (χ2n) is 7.67. The molecule has 1 atom stereocenters. The lowest BCUT2D eigenvalue weighted by atomic mass is 10.1. The van der Waals surface area contributed by atoms with Gasteiger partial charge in [0.2, 0.25) is 5.91 Å². The van der Waals surface area contributed by atoms with Crippen LogP contribution in [0, 0.1) is 13.8 Å². The maximum atomic E-state index is 13.1. The summed E-state index contributed by atoms with van der Waals surface area (Å²) in [6.45, 7) is 5.82. The van der Waals surface area contributed by atoms with E-state index in [1.807, 2.05) is 49.4 Å². The third-order valence-electron chi connectivity index (χ3n) is 5.35. The number of carbonyl (C=O) groups is 1. The number of thioether (sulfide) groups is 1. The van der Waals surface area contributed by atoms with Crippen molar-refractivity contribution in [2.75, 3.05) is 5.32 Å². The first-order chi connectivity index (χ1) is 15.6. The maximum absolute atomic E-state index is 13.1. The number of alkyl halides is 3. The lowest BCUT2D eigenvalue weighted by Gasteiger charge is -2.16. The summed E-state index contributed by atoms with van der Waals surface area (Å²) < 4.78 is 41.1. The largest absolute Gasteiger partial charge is 0.416 e. The number of aryl methyl sites for hydroxylation is 2. The molecule has 0 aliphatic heterocycles. The van der Waals surface area contributed by atoms with Crippen LogP contribution in [-0.4, -0.2) is 25.8 Å². The highest BCUT2D eigenvalue weighted by Crippen LogP contribution is 2.35. The summed E-state index contributed by atoms with van der Waals surface area (Å²) in [4.78, 5) is 13.0. The van der Waals surface area contributed by atoms with Gasteiger partial charge in [-0.15, -0.1) is 10.2 Å². The number of halogens is 4. The molecule has 0 saturated heterocycles. The van der Waals surface area contributed by atoms with Crippen molar-refractivity contribution in [2.24, 2.45) is 0 Å². The molecule has 0 fully saturated rings. The molecule has 33 heavy (non-hydrogen) atoms. The quantitative estimate of drug-likeness (QED) is 0.316. The molecule has 0 bridgehead atoms. The number of hydrogen-bond acceptors (Lipinski definition) is 4. The van der Waals surface area contributed by atoms with E-state index in [0.29, 0.717) is 17.2 Å². The fourth-order valence-corrected chi connectivity index (χ4v) is 4.80. The smallest absolute Gasteiger partial charge is 0.324 e. The predicted molar refractivity (Wildman–Crippen MR) is 125 cm³/mol. The highest BCUT2D eigenvalue weighted by molar-refractivity contribution is 8.00. The molecule has 1 unspecified atom stereocenters. The zero-order valence-electron chi connectivity index (χ0n) is 18.0. The number of hydrogen-bond donors (Lipinski definition) is 1. The van der Waals surface area contributed by atoms with Gasteiger partial charge >= 0.3 is 6.18 Å². The number of rotatable bonds is 5. The van der Waals surface area contributed by atoms with Gasteiger partial charge in [0.25, 0.3) is 0 Å². The maximum Gasteiger partial charge on any atom is 0.416 e. The van der Waals surface area contributed by atoms with Gasteiger partial charge in [0.15, 0.2) is 10.8 Å². The van der Waals surface area contributed by atoms with Crippen LogP contribution in [0.2, 0.25) is 5.02 Å². The molecule has 0 saturated carbocycles. The van der Waals surface area contributed by atoms with E-state index in [1.165, 1.54) is 11.8 Å². The summed E-state index contributed by atoms with van der Waals surface area (Å²) in [6.07, 6.45) is -4.12. The first-order valence-corrected chi connectivity index (χ1v) is 11.4. The summed E-state index contributed by atoms with van der Waals surface area (Å²) in [5.41, 5.74) is 2.75. The van der Waals surface area contributed by atoms with E-state index in [4.69, 9.17) is 11.6 Å². The molecule has 0 aliphatic rings. The molecule has 0 spiro atoms. The zero-order valence-corrected chi connectivity index (χ0v) is 19.6. The summed E-state index contributed by atoms with van der Waals surface area (Å²) in [5, 5.41) is 12.1. The molecule has 4 rings (SSSR count). The van der Waals surface area contributed by atoms with Gasteiger partial charge in [-0.1, -0.05) is 48.5 Å². The van der Waals surface area contributed by atoms with Crippen LogP contribution in [0.4, 0.5) is 18.9 Å². The van der Waals surface area contributed by atoms with Crippen LogP contribution >= 0.6 is 23.4 Å². The Labute approximate surface area is 197 Å². The summed E-state index contributed by atoms with van der Waals surface area (Å²) in [5.74, 6) is -0.464. The lowest BCUT2D eigenvalue weighted by molar-refractivity contribution is -0.137. The predicted octanol–water partition coefficient (Wildman–Crippen LogP) is 6.68. The van der Waals surface area contributed by atoms with Crippen molar-refractivity contribution in [1.82, 2.24) is 14.6 Å². The number of anilines is 1. The number of carbonyl (C=O) groups excluding carboxylic acids is 1. The average molecular weight is 493 g/mol. The number of aromatic nitrogens is 3. The Morgan fingerprint density at radius 3 is 2.61 bits per heavy atom. The first-order valence-electron chi connectivity index (χ1n) is 10.2. The first kappa shape index (κ1) is 23.4. The van der Waals surface area contributed by atoms with Crippen molar-refractivity contribution in [1.29, 1.82) is 0 Å². The Bertz CT molecular complexity index is 1370. The van der Waals surface area contributed by atoms with Gasteiger partial charge in [-0.2, -0.15) is 13.2 Å². The SMILES string of the molecule is CCC(Sc1nnc2cc(C)c3cccc(C)c3n12)C(=O)Nc1cc(C(F)(F)F)ccc1Cl. The van der Waals surface area contributed by atoms with Crippen LogP contribution in [0.1, 0.15) is 30.0 Å². The molecular weight excluding hydrogens is 473 g/mol. The Morgan fingerprint density at radius 1 is 1.15 bits per heavy atom. The van der Waals surface area contributed by atoms with Crippen molar-refractivity contribution in [3.8, 4) is 0 Å². The summed E-state index contributed by atoms with van der Waals surface area (Å²) in [7, 11) is 0. The van der Waals surface area contributed by atoms with Gasteiger partial charge in [0.05, 0.1) is 27.0 Å². The minimum absolute atomic E-state index is 0.0289. The van der Waals surface area contributed by atoms with Crippen molar-refractivity contribution < 1.29 is 18.0 Å². The lowest BCUT2D eigenvalue weighted by Crippen LogP contribution is -2.25. The van der Waals surface area contributed by atoms with E-state index in [1.54, 1.807) is 0 Å². The van der Waals surface area contributed by atoms with E-state index in [0.717, 1.165) is 40.2 Å². The van der Waals surface area contributed by atoms with Crippen LogP contribution in [0.3, 0.4) is 0 Å². The molecule has 10 heteroatoms. The number of nitrogens with one attached hydrogen (secondary N) is 1. The molecule has 0 aliphatic carbocycles. The van der Waals surface area contributed by atoms with E-state index >= 15 is 0 Å². The molecule has 1 amide bonds. The molecule has 172 valence electrons. The fraction of sp³-hybridized carbons (Fsp3) is 0.261. The number of fused-ring (bicyclic) bond motifs is 3. The molecule has 5 nitrogen and oxygen atoms in total. The van der Waals surface area contributed by atoms with Gasteiger partial charge in [-0.25, -0.2) is 0 Å². The Morgan fingerprint density at radius 2 is 1.91 bits per heavy atom. The van der Waals surface area contributed by atoms with E-state index in [9.17, 15) is 18.0 Å². The van der Waals surface area contributed by atoms with Crippen LogP contribution in [-0.2, 0) is 11.0 Å². The third kappa shape index (κ3) is 4.52. The van der Waals surface area contributed by atoms with E-state index < -0.39 is 22.9 Å². The molecule has 1 N–H and O–H groups in total. The van der Waals surface area contributed by atoms with Crippen LogP contribution in [0.15, 0.2) is 47.6 Å². The van der Waals surface area contributed by atoms with Gasteiger partial charge in [-0.05, 0) is 55.7 Å². The second kappa shape index (κ2) is 8.87. The van der Waals surface area contributed by atoms with Gasteiger partial charge in [-0.3, -0.25) is 9.20 Å². The Hall–Kier alpha value is -2.78. The van der Waals surface area contributed by atoms with Crippen LogP contribution < -0.4 is 5.32 Å². The minimum Gasteiger partial charge on any atom is -0.324 e. The second-order valence-corrected chi connectivity index (χ2v) is 9.25. The molecular formula is C23H20ClF3N4OS. The van der Waals surface area contributed by atoms with Crippen molar-refractivity contribution in [2.45, 2.75) is 43.8 Å². The molecule has 2 aromatic carbocycles. The Kier molecular flexibility index (Phi) is 6.28. The fourth-order valence-electron chi connectivity index (χ4n) is 3.67. The van der Waals surface area contributed by atoms with Gasteiger partial charge in [0.1, 0.15) is 0 Å².